The van der Waals surface area contributed by atoms with Crippen LogP contribution in [0.15, 0.2) is 0 Å². The summed E-state index contributed by atoms with van der Waals surface area (Å²) >= 11 is 0. The lowest BCUT2D eigenvalue weighted by atomic mass is 9.97. The topological polar surface area (TPSA) is 41.7 Å². The van der Waals surface area contributed by atoms with Crippen LogP contribution in [0.25, 0.3) is 0 Å². The van der Waals surface area contributed by atoms with Gasteiger partial charge in [-0.05, 0) is 6.42 Å². The van der Waals surface area contributed by atoms with Gasteiger partial charge in [-0.1, -0.05) is 0 Å². The largest absolute Gasteiger partial charge is 0.378 e. The second kappa shape index (κ2) is 2.92. The molecule has 2 atom stereocenters. The van der Waals surface area contributed by atoms with Crippen molar-refractivity contribution in [3.63, 3.8) is 0 Å². The molecule has 3 aliphatic heterocycles. The summed E-state index contributed by atoms with van der Waals surface area (Å²) in [6.07, 6.45) is 1.30. The predicted molar refractivity (Wildman–Crippen MR) is 49.3 cm³/mol. The van der Waals surface area contributed by atoms with E-state index in [1.807, 2.05) is 0 Å². The number of hydrogen-bond donors (Lipinski definition) is 1. The van der Waals surface area contributed by atoms with Crippen molar-refractivity contribution in [3.8, 4) is 0 Å². The van der Waals surface area contributed by atoms with E-state index >= 15 is 0 Å². The SMILES string of the molecule is NCN1CC2C1CCN2C1COC1. The first-order chi connectivity index (χ1) is 6.40. The van der Waals surface area contributed by atoms with Gasteiger partial charge in [-0.15, -0.1) is 0 Å². The molecule has 0 amide bonds. The molecule has 3 rings (SSSR count). The Balaban J connectivity index is 1.62. The molecule has 2 unspecified atom stereocenters. The normalized spacial score (nSPS) is 41.3. The van der Waals surface area contributed by atoms with Gasteiger partial charge in [-0.2, -0.15) is 0 Å². The lowest BCUT2D eigenvalue weighted by molar-refractivity contribution is -0.0937. The van der Waals surface area contributed by atoms with Gasteiger partial charge in [0, 0.05) is 31.8 Å². The third kappa shape index (κ3) is 1.06. The number of ether oxygens (including phenoxy) is 1. The highest BCUT2D eigenvalue weighted by atomic mass is 16.5. The molecule has 0 aromatic carbocycles. The smallest absolute Gasteiger partial charge is 0.0645 e. The minimum Gasteiger partial charge on any atom is -0.378 e. The van der Waals surface area contributed by atoms with Gasteiger partial charge >= 0.3 is 0 Å². The molecule has 3 saturated heterocycles. The summed E-state index contributed by atoms with van der Waals surface area (Å²) < 4.78 is 5.23. The van der Waals surface area contributed by atoms with Crippen LogP contribution in [0.4, 0.5) is 0 Å². The molecule has 74 valence electrons. The molecule has 0 aliphatic carbocycles. The van der Waals surface area contributed by atoms with Crippen LogP contribution in [0, 0.1) is 0 Å². The van der Waals surface area contributed by atoms with Gasteiger partial charge in [0.1, 0.15) is 0 Å². The van der Waals surface area contributed by atoms with Crippen molar-refractivity contribution in [2.45, 2.75) is 24.5 Å². The fourth-order valence-electron chi connectivity index (χ4n) is 2.83. The minimum absolute atomic E-state index is 0.718. The van der Waals surface area contributed by atoms with E-state index in [0.29, 0.717) is 0 Å². The van der Waals surface area contributed by atoms with E-state index in [4.69, 9.17) is 10.5 Å². The average Bonchev–Trinajstić information content (AvgIpc) is 2.26. The monoisotopic (exact) mass is 183 g/mol. The molecule has 2 N–H and O–H groups in total. The van der Waals surface area contributed by atoms with Crippen molar-refractivity contribution in [2.24, 2.45) is 5.73 Å². The Labute approximate surface area is 78.6 Å². The Morgan fingerprint density at radius 3 is 2.77 bits per heavy atom. The maximum atomic E-state index is 5.64. The molecular formula is C9H17N3O. The molecule has 0 bridgehead atoms. The quantitative estimate of drug-likeness (QED) is 0.600. The van der Waals surface area contributed by atoms with Crippen LogP contribution in [0.1, 0.15) is 6.42 Å². The van der Waals surface area contributed by atoms with Crippen molar-refractivity contribution in [2.75, 3.05) is 33.0 Å². The van der Waals surface area contributed by atoms with Gasteiger partial charge in [-0.3, -0.25) is 9.80 Å². The molecular weight excluding hydrogens is 166 g/mol. The second-order valence-electron chi connectivity index (χ2n) is 4.31. The van der Waals surface area contributed by atoms with Crippen LogP contribution in [-0.4, -0.2) is 60.9 Å². The average molecular weight is 183 g/mol. The Morgan fingerprint density at radius 2 is 2.15 bits per heavy atom. The minimum atomic E-state index is 0.718. The zero-order valence-corrected chi connectivity index (χ0v) is 7.85. The molecule has 3 fully saturated rings. The van der Waals surface area contributed by atoms with E-state index < -0.39 is 0 Å². The summed E-state index contributed by atoms with van der Waals surface area (Å²) in [6, 6.07) is 2.26. The van der Waals surface area contributed by atoms with E-state index in [0.717, 1.165) is 38.0 Å². The third-order valence-corrected chi connectivity index (χ3v) is 3.77. The Hall–Kier alpha value is -0.160. The molecule has 3 heterocycles. The predicted octanol–water partition coefficient (Wildman–Crippen LogP) is -0.940. The van der Waals surface area contributed by atoms with Crippen LogP contribution < -0.4 is 5.73 Å². The van der Waals surface area contributed by atoms with E-state index in [1.165, 1.54) is 19.5 Å². The molecule has 0 saturated carbocycles. The first kappa shape index (κ1) is 8.17. The lowest BCUT2D eigenvalue weighted by Gasteiger charge is -2.49. The Morgan fingerprint density at radius 1 is 1.31 bits per heavy atom. The number of likely N-dealkylation sites (tertiary alicyclic amines) is 2. The molecule has 13 heavy (non-hydrogen) atoms. The highest BCUT2D eigenvalue weighted by molar-refractivity contribution is 5.05. The van der Waals surface area contributed by atoms with Crippen LogP contribution in [0.2, 0.25) is 0 Å². The van der Waals surface area contributed by atoms with Crippen LogP contribution in [0.3, 0.4) is 0 Å². The van der Waals surface area contributed by atoms with Gasteiger partial charge in [0.2, 0.25) is 0 Å². The zero-order valence-electron chi connectivity index (χ0n) is 7.85. The van der Waals surface area contributed by atoms with Crippen LogP contribution in [-0.2, 0) is 4.74 Å². The fraction of sp³-hybridized carbons (Fsp3) is 1.00. The van der Waals surface area contributed by atoms with E-state index in [1.54, 1.807) is 0 Å². The van der Waals surface area contributed by atoms with Crippen molar-refractivity contribution >= 4 is 0 Å². The summed E-state index contributed by atoms with van der Waals surface area (Å²) in [5.41, 5.74) is 5.64. The molecule has 0 radical (unpaired) electrons. The molecule has 0 aromatic heterocycles. The number of rotatable bonds is 2. The summed E-state index contributed by atoms with van der Waals surface area (Å²) in [5.74, 6) is 0. The first-order valence-corrected chi connectivity index (χ1v) is 5.18. The molecule has 3 aliphatic rings. The number of fused-ring (bicyclic) bond motifs is 1. The lowest BCUT2D eigenvalue weighted by Crippen LogP contribution is -2.66. The molecule has 0 aromatic rings. The van der Waals surface area contributed by atoms with Gasteiger partial charge in [0.25, 0.3) is 0 Å². The fourth-order valence-corrected chi connectivity index (χ4v) is 2.83. The summed E-state index contributed by atoms with van der Waals surface area (Å²) in [6.45, 7) is 5.06. The first-order valence-electron chi connectivity index (χ1n) is 5.18. The van der Waals surface area contributed by atoms with Gasteiger partial charge in [-0.25, -0.2) is 0 Å². The van der Waals surface area contributed by atoms with Crippen LogP contribution >= 0.6 is 0 Å². The van der Waals surface area contributed by atoms with Gasteiger partial charge < -0.3 is 10.5 Å². The molecule has 4 heteroatoms. The third-order valence-electron chi connectivity index (χ3n) is 3.77. The zero-order chi connectivity index (χ0) is 8.84. The van der Waals surface area contributed by atoms with Gasteiger partial charge in [0.15, 0.2) is 0 Å². The van der Waals surface area contributed by atoms with Gasteiger partial charge in [0.05, 0.1) is 19.3 Å². The van der Waals surface area contributed by atoms with E-state index in [9.17, 15) is 0 Å². The Kier molecular flexibility index (Phi) is 1.83. The maximum absolute atomic E-state index is 5.64. The summed E-state index contributed by atoms with van der Waals surface area (Å²) in [7, 11) is 0. The summed E-state index contributed by atoms with van der Waals surface area (Å²) in [4.78, 5) is 5.00. The van der Waals surface area contributed by atoms with Crippen LogP contribution in [0.5, 0.6) is 0 Å². The van der Waals surface area contributed by atoms with Crippen molar-refractivity contribution in [1.82, 2.24) is 9.80 Å². The van der Waals surface area contributed by atoms with Crippen molar-refractivity contribution in [3.05, 3.63) is 0 Å². The number of hydrogen-bond acceptors (Lipinski definition) is 4. The highest BCUT2D eigenvalue weighted by Crippen LogP contribution is 2.34. The second-order valence-corrected chi connectivity index (χ2v) is 4.31. The highest BCUT2D eigenvalue weighted by Gasteiger charge is 2.49. The summed E-state index contributed by atoms with van der Waals surface area (Å²) in [5, 5.41) is 0. The molecule has 4 nitrogen and oxygen atoms in total. The number of nitrogens with two attached hydrogens (primary N) is 1. The standard InChI is InChI=1S/C9H17N3O/c10-6-11-3-9-8(11)1-2-12(9)7-4-13-5-7/h7-9H,1-6,10H2. The van der Waals surface area contributed by atoms with Crippen molar-refractivity contribution < 1.29 is 4.74 Å². The number of nitrogens with zero attached hydrogens (tertiary/aromatic N) is 2. The van der Waals surface area contributed by atoms with Crippen molar-refractivity contribution in [1.29, 1.82) is 0 Å². The van der Waals surface area contributed by atoms with E-state index in [-0.39, 0.29) is 0 Å². The molecule has 0 spiro atoms. The Bertz CT molecular complexity index is 207. The van der Waals surface area contributed by atoms with E-state index in [2.05, 4.69) is 9.80 Å². The maximum Gasteiger partial charge on any atom is 0.0645 e.